The molecule has 1 fully saturated rings. The first-order chi connectivity index (χ1) is 16.0. The van der Waals surface area contributed by atoms with Crippen molar-refractivity contribution in [2.24, 2.45) is 0 Å². The van der Waals surface area contributed by atoms with E-state index in [0.29, 0.717) is 17.1 Å². The lowest BCUT2D eigenvalue weighted by atomic mass is 9.85. The second kappa shape index (κ2) is 8.65. The number of aliphatic hydroxyl groups is 1. The van der Waals surface area contributed by atoms with Crippen LogP contribution in [0, 0.1) is 6.92 Å². The standard InChI is InChI=1S/C26H25ClN2O5/c1-14-12-20(28-34-14)29-22(15-6-9-17(10-7-15)26(2,3)4)21(24(31)25(29)32)23(30)16-8-11-19(33-5)18(27)13-16/h6-13,22,30H,1-5H3/b23-21+/t22-/m0/s1. The zero-order chi connectivity index (χ0) is 24.8. The minimum Gasteiger partial charge on any atom is -0.507 e. The molecule has 1 aliphatic rings. The number of anilines is 1. The molecule has 2 heterocycles. The summed E-state index contributed by atoms with van der Waals surface area (Å²) in [5.41, 5.74) is 1.89. The van der Waals surface area contributed by atoms with Gasteiger partial charge in [0.15, 0.2) is 5.82 Å². The number of nitrogens with zero attached hydrogens (tertiary/aromatic N) is 2. The number of amides is 1. The summed E-state index contributed by atoms with van der Waals surface area (Å²) in [6, 6.07) is 12.9. The fourth-order valence-corrected chi connectivity index (χ4v) is 4.24. The summed E-state index contributed by atoms with van der Waals surface area (Å²) in [7, 11) is 1.48. The van der Waals surface area contributed by atoms with Gasteiger partial charge in [0.1, 0.15) is 17.3 Å². The predicted octanol–water partition coefficient (Wildman–Crippen LogP) is 5.57. The maximum Gasteiger partial charge on any atom is 0.301 e. The number of aromatic nitrogens is 1. The van der Waals surface area contributed by atoms with E-state index in [2.05, 4.69) is 25.9 Å². The van der Waals surface area contributed by atoms with E-state index >= 15 is 0 Å². The van der Waals surface area contributed by atoms with Crippen molar-refractivity contribution in [2.45, 2.75) is 39.2 Å². The molecule has 1 aromatic heterocycles. The third-order valence-electron chi connectivity index (χ3n) is 5.82. The summed E-state index contributed by atoms with van der Waals surface area (Å²) >= 11 is 6.24. The average molecular weight is 481 g/mol. The van der Waals surface area contributed by atoms with Crippen LogP contribution in [-0.4, -0.2) is 29.1 Å². The van der Waals surface area contributed by atoms with Crippen LogP contribution in [0.15, 0.2) is 58.6 Å². The van der Waals surface area contributed by atoms with Crippen LogP contribution in [-0.2, 0) is 15.0 Å². The van der Waals surface area contributed by atoms with E-state index in [4.69, 9.17) is 20.9 Å². The van der Waals surface area contributed by atoms with E-state index in [-0.39, 0.29) is 33.2 Å². The lowest BCUT2D eigenvalue weighted by molar-refractivity contribution is -0.132. The summed E-state index contributed by atoms with van der Waals surface area (Å²) in [4.78, 5) is 27.6. The van der Waals surface area contributed by atoms with Gasteiger partial charge in [0.2, 0.25) is 0 Å². The van der Waals surface area contributed by atoms with Crippen molar-refractivity contribution in [1.29, 1.82) is 0 Å². The van der Waals surface area contributed by atoms with Gasteiger partial charge in [0, 0.05) is 11.6 Å². The molecule has 1 aliphatic heterocycles. The molecule has 0 spiro atoms. The summed E-state index contributed by atoms with van der Waals surface area (Å²) in [5.74, 6) is -0.868. The Labute approximate surface area is 202 Å². The van der Waals surface area contributed by atoms with Crippen molar-refractivity contribution < 1.29 is 24.0 Å². The highest BCUT2D eigenvalue weighted by atomic mass is 35.5. The highest BCUT2D eigenvalue weighted by molar-refractivity contribution is 6.51. The lowest BCUT2D eigenvalue weighted by Gasteiger charge is -2.24. The summed E-state index contributed by atoms with van der Waals surface area (Å²) in [6.45, 7) is 7.98. The molecule has 34 heavy (non-hydrogen) atoms. The monoisotopic (exact) mass is 480 g/mol. The van der Waals surface area contributed by atoms with Crippen LogP contribution in [0.2, 0.25) is 5.02 Å². The molecule has 1 atom stereocenters. The molecule has 3 aromatic rings. The van der Waals surface area contributed by atoms with Crippen molar-refractivity contribution in [3.05, 3.63) is 81.6 Å². The number of Topliss-reactive ketones (excluding diaryl/α,β-unsaturated/α-hetero) is 1. The Kier molecular flexibility index (Phi) is 6.00. The second-order valence-corrected chi connectivity index (χ2v) is 9.59. The van der Waals surface area contributed by atoms with Crippen molar-refractivity contribution in [3.63, 3.8) is 0 Å². The van der Waals surface area contributed by atoms with Crippen LogP contribution < -0.4 is 9.64 Å². The predicted molar refractivity (Wildman–Crippen MR) is 129 cm³/mol. The van der Waals surface area contributed by atoms with E-state index in [9.17, 15) is 14.7 Å². The molecule has 1 N–H and O–H groups in total. The molecule has 4 rings (SSSR count). The molecule has 2 aromatic carbocycles. The fourth-order valence-electron chi connectivity index (χ4n) is 3.99. The normalized spacial score (nSPS) is 17.9. The molecule has 0 unspecified atom stereocenters. The second-order valence-electron chi connectivity index (χ2n) is 9.19. The molecule has 0 aliphatic carbocycles. The van der Waals surface area contributed by atoms with Gasteiger partial charge in [-0.1, -0.05) is 61.8 Å². The molecular formula is C26H25ClN2O5. The molecule has 1 amide bonds. The quantitative estimate of drug-likeness (QED) is 0.298. The number of rotatable bonds is 4. The molecule has 7 nitrogen and oxygen atoms in total. The Bertz CT molecular complexity index is 1300. The molecule has 1 saturated heterocycles. The number of halogens is 1. The summed E-state index contributed by atoms with van der Waals surface area (Å²) < 4.78 is 10.3. The number of hydrogen-bond acceptors (Lipinski definition) is 6. The topological polar surface area (TPSA) is 92.9 Å². The molecule has 176 valence electrons. The van der Waals surface area contributed by atoms with Crippen molar-refractivity contribution in [2.75, 3.05) is 12.0 Å². The molecule has 0 saturated carbocycles. The Morgan fingerprint density at radius 3 is 2.32 bits per heavy atom. The van der Waals surface area contributed by atoms with Gasteiger partial charge < -0.3 is 14.4 Å². The molecule has 0 radical (unpaired) electrons. The van der Waals surface area contributed by atoms with Crippen LogP contribution in [0.5, 0.6) is 5.75 Å². The number of methoxy groups -OCH3 is 1. The van der Waals surface area contributed by atoms with Crippen molar-refractivity contribution in [3.8, 4) is 5.75 Å². The van der Waals surface area contributed by atoms with E-state index in [1.54, 1.807) is 25.1 Å². The van der Waals surface area contributed by atoms with Gasteiger partial charge in [-0.3, -0.25) is 14.5 Å². The number of benzene rings is 2. The fraction of sp³-hybridized carbons (Fsp3) is 0.269. The number of aliphatic hydroxyl groups excluding tert-OH is 1. The van der Waals surface area contributed by atoms with Gasteiger partial charge >= 0.3 is 5.91 Å². The zero-order valence-electron chi connectivity index (χ0n) is 19.5. The number of ketones is 1. The molecule has 8 heteroatoms. The maximum absolute atomic E-state index is 13.2. The highest BCUT2D eigenvalue weighted by Crippen LogP contribution is 2.43. The maximum atomic E-state index is 13.2. The number of carbonyl (C=O) groups excluding carboxylic acids is 2. The molecular weight excluding hydrogens is 456 g/mol. The number of ether oxygens (including phenoxy) is 1. The van der Waals surface area contributed by atoms with Gasteiger partial charge in [0.25, 0.3) is 5.78 Å². The van der Waals surface area contributed by atoms with Crippen LogP contribution >= 0.6 is 11.6 Å². The smallest absolute Gasteiger partial charge is 0.301 e. The zero-order valence-corrected chi connectivity index (χ0v) is 20.3. The van der Waals surface area contributed by atoms with Gasteiger partial charge in [-0.2, -0.15) is 0 Å². The van der Waals surface area contributed by atoms with Gasteiger partial charge in [0.05, 0.1) is 23.7 Å². The Hall–Kier alpha value is -3.58. The van der Waals surface area contributed by atoms with E-state index in [1.807, 2.05) is 24.3 Å². The average Bonchev–Trinajstić information content (AvgIpc) is 3.33. The number of carbonyl (C=O) groups is 2. The van der Waals surface area contributed by atoms with E-state index in [1.165, 1.54) is 18.1 Å². The first-order valence-electron chi connectivity index (χ1n) is 10.7. The Morgan fingerprint density at radius 2 is 1.79 bits per heavy atom. The largest absolute Gasteiger partial charge is 0.507 e. The Balaban J connectivity index is 1.91. The first kappa shape index (κ1) is 23.6. The van der Waals surface area contributed by atoms with Crippen molar-refractivity contribution in [1.82, 2.24) is 5.16 Å². The minimum atomic E-state index is -0.903. The third kappa shape index (κ3) is 4.07. The van der Waals surface area contributed by atoms with Crippen LogP contribution in [0.3, 0.4) is 0 Å². The number of aryl methyl sites for hydroxylation is 1. The van der Waals surface area contributed by atoms with Gasteiger partial charge in [-0.05, 0) is 41.7 Å². The summed E-state index contributed by atoms with van der Waals surface area (Å²) in [5, 5.41) is 15.4. The van der Waals surface area contributed by atoms with Crippen molar-refractivity contribution >= 4 is 34.9 Å². The first-order valence-corrected chi connectivity index (χ1v) is 11.1. The number of hydrogen-bond donors (Lipinski definition) is 1. The van der Waals surface area contributed by atoms with Gasteiger partial charge in [-0.25, -0.2) is 0 Å². The highest BCUT2D eigenvalue weighted by Gasteiger charge is 2.48. The van der Waals surface area contributed by atoms with E-state index < -0.39 is 17.7 Å². The SMILES string of the molecule is COc1ccc(/C(O)=C2\C(=O)C(=O)N(c3cc(C)on3)[C@H]2c2ccc(C(C)(C)C)cc2)cc1Cl. The molecule has 0 bridgehead atoms. The Morgan fingerprint density at radius 1 is 1.12 bits per heavy atom. The van der Waals surface area contributed by atoms with E-state index in [0.717, 1.165) is 5.56 Å². The van der Waals surface area contributed by atoms with Gasteiger partial charge in [-0.15, -0.1) is 0 Å². The van der Waals surface area contributed by atoms with Crippen LogP contribution in [0.1, 0.15) is 49.3 Å². The summed E-state index contributed by atoms with van der Waals surface area (Å²) in [6.07, 6.45) is 0. The lowest BCUT2D eigenvalue weighted by Crippen LogP contribution is -2.29. The minimum absolute atomic E-state index is 0.0598. The van der Waals surface area contributed by atoms with Crippen LogP contribution in [0.25, 0.3) is 5.76 Å². The van der Waals surface area contributed by atoms with Crippen LogP contribution in [0.4, 0.5) is 5.82 Å². The third-order valence-corrected chi connectivity index (χ3v) is 6.12.